The number of halogens is 3. The Morgan fingerprint density at radius 1 is 1.07 bits per heavy atom. The van der Waals surface area contributed by atoms with Crippen LogP contribution in [0.3, 0.4) is 0 Å². The number of allylic oxidation sites excluding steroid dienone is 1. The third-order valence-electron chi connectivity index (χ3n) is 5.18. The summed E-state index contributed by atoms with van der Waals surface area (Å²) in [6, 6.07) is 11.4. The molecular formula is C23H23F3O4. The molecule has 1 aliphatic rings. The van der Waals surface area contributed by atoms with Gasteiger partial charge in [-0.05, 0) is 72.2 Å². The average Bonchev–Trinajstić information content (AvgIpc) is 3.19. The summed E-state index contributed by atoms with van der Waals surface area (Å²) in [6.07, 6.45) is -2.41. The smallest absolute Gasteiger partial charge is 0.416 e. The molecule has 2 aromatic carbocycles. The Morgan fingerprint density at radius 3 is 2.40 bits per heavy atom. The highest BCUT2D eigenvalue weighted by Gasteiger charge is 2.34. The highest BCUT2D eigenvalue weighted by atomic mass is 19.4. The number of benzene rings is 2. The van der Waals surface area contributed by atoms with Gasteiger partial charge in [0.1, 0.15) is 18.1 Å². The summed E-state index contributed by atoms with van der Waals surface area (Å²) in [7, 11) is 1.60. The molecule has 0 fully saturated rings. The molecule has 2 aromatic rings. The summed E-state index contributed by atoms with van der Waals surface area (Å²) in [5, 5.41) is 8.76. The standard InChI is InChI=1S/C23H23F3O4/c1-29-18-9-5-15(6-10-18)20-4-2-3-17(20)14-30-19-11-7-16(8-12-22(27)28)21(13-19)23(24,25)26/h5-7,9-11,13H,2-4,8,12,14H2,1H3,(H,27,28). The van der Waals surface area contributed by atoms with E-state index in [2.05, 4.69) is 0 Å². The van der Waals surface area contributed by atoms with Gasteiger partial charge < -0.3 is 14.6 Å². The van der Waals surface area contributed by atoms with Crippen molar-refractivity contribution in [3.8, 4) is 11.5 Å². The number of aliphatic carboxylic acids is 1. The van der Waals surface area contributed by atoms with Gasteiger partial charge in [-0.1, -0.05) is 18.2 Å². The second kappa shape index (κ2) is 9.24. The Balaban J connectivity index is 1.77. The summed E-state index contributed by atoms with van der Waals surface area (Å²) in [5.74, 6) is -0.254. The molecule has 30 heavy (non-hydrogen) atoms. The number of methoxy groups -OCH3 is 1. The van der Waals surface area contributed by atoms with Crippen LogP contribution in [0.2, 0.25) is 0 Å². The first-order chi connectivity index (χ1) is 14.3. The van der Waals surface area contributed by atoms with Crippen LogP contribution in [0, 0.1) is 0 Å². The topological polar surface area (TPSA) is 55.8 Å². The number of carboxylic acid groups (broad SMARTS) is 1. The van der Waals surface area contributed by atoms with Crippen LogP contribution in [-0.4, -0.2) is 24.8 Å². The highest BCUT2D eigenvalue weighted by molar-refractivity contribution is 5.71. The van der Waals surface area contributed by atoms with Crippen molar-refractivity contribution in [1.82, 2.24) is 0 Å². The van der Waals surface area contributed by atoms with Crippen LogP contribution in [0.15, 0.2) is 48.0 Å². The predicted molar refractivity (Wildman–Crippen MR) is 107 cm³/mol. The van der Waals surface area contributed by atoms with Gasteiger partial charge in [-0.15, -0.1) is 0 Å². The van der Waals surface area contributed by atoms with Crippen molar-refractivity contribution in [2.45, 2.75) is 38.3 Å². The molecule has 0 saturated carbocycles. The van der Waals surface area contributed by atoms with E-state index in [1.165, 1.54) is 12.1 Å². The Kier molecular flexibility index (Phi) is 6.70. The van der Waals surface area contributed by atoms with Crippen LogP contribution in [0.25, 0.3) is 5.57 Å². The van der Waals surface area contributed by atoms with Crippen LogP contribution >= 0.6 is 0 Å². The summed E-state index contributed by atoms with van der Waals surface area (Å²) in [4.78, 5) is 10.7. The lowest BCUT2D eigenvalue weighted by Crippen LogP contribution is -2.11. The van der Waals surface area contributed by atoms with Gasteiger partial charge in [0, 0.05) is 6.42 Å². The first-order valence-electron chi connectivity index (χ1n) is 9.68. The van der Waals surface area contributed by atoms with E-state index in [1.54, 1.807) is 7.11 Å². The second-order valence-electron chi connectivity index (χ2n) is 7.16. The lowest BCUT2D eigenvalue weighted by molar-refractivity contribution is -0.140. The van der Waals surface area contributed by atoms with E-state index in [0.717, 1.165) is 47.8 Å². The lowest BCUT2D eigenvalue weighted by atomic mass is 10.0. The number of rotatable bonds is 8. The second-order valence-corrected chi connectivity index (χ2v) is 7.16. The van der Waals surface area contributed by atoms with Crippen LogP contribution in [-0.2, 0) is 17.4 Å². The zero-order valence-electron chi connectivity index (χ0n) is 16.6. The normalized spacial score (nSPS) is 14.1. The van der Waals surface area contributed by atoms with Crippen LogP contribution in [0.5, 0.6) is 11.5 Å². The molecule has 1 aliphatic carbocycles. The molecule has 0 aromatic heterocycles. The Hall–Kier alpha value is -2.96. The van der Waals surface area contributed by atoms with Gasteiger partial charge in [-0.2, -0.15) is 13.2 Å². The van der Waals surface area contributed by atoms with E-state index >= 15 is 0 Å². The zero-order chi connectivity index (χ0) is 21.7. The van der Waals surface area contributed by atoms with E-state index in [0.29, 0.717) is 0 Å². The summed E-state index contributed by atoms with van der Waals surface area (Å²) >= 11 is 0. The Labute approximate surface area is 172 Å². The number of carboxylic acids is 1. The minimum atomic E-state index is -4.58. The van der Waals surface area contributed by atoms with Crippen molar-refractivity contribution in [3.63, 3.8) is 0 Å². The average molecular weight is 420 g/mol. The molecule has 0 atom stereocenters. The number of hydrogen-bond donors (Lipinski definition) is 1. The van der Waals surface area contributed by atoms with Crippen LogP contribution in [0.1, 0.15) is 42.4 Å². The maximum atomic E-state index is 13.4. The first-order valence-corrected chi connectivity index (χ1v) is 9.68. The van der Waals surface area contributed by atoms with E-state index in [4.69, 9.17) is 14.6 Å². The minimum absolute atomic E-state index is 0.0451. The van der Waals surface area contributed by atoms with Crippen molar-refractivity contribution in [1.29, 1.82) is 0 Å². The van der Waals surface area contributed by atoms with E-state index in [1.807, 2.05) is 24.3 Å². The number of carbonyl (C=O) groups is 1. The maximum Gasteiger partial charge on any atom is 0.416 e. The van der Waals surface area contributed by atoms with Crippen molar-refractivity contribution in [2.75, 3.05) is 13.7 Å². The number of hydrogen-bond acceptors (Lipinski definition) is 3. The largest absolute Gasteiger partial charge is 0.497 e. The van der Waals surface area contributed by atoms with Gasteiger partial charge in [-0.3, -0.25) is 4.79 Å². The van der Waals surface area contributed by atoms with E-state index < -0.39 is 17.7 Å². The van der Waals surface area contributed by atoms with Crippen molar-refractivity contribution < 1.29 is 32.5 Å². The molecule has 7 heteroatoms. The fraction of sp³-hybridized carbons (Fsp3) is 0.348. The van der Waals surface area contributed by atoms with E-state index in [9.17, 15) is 18.0 Å². The van der Waals surface area contributed by atoms with Gasteiger partial charge >= 0.3 is 12.1 Å². The van der Waals surface area contributed by atoms with Crippen molar-refractivity contribution >= 4 is 11.5 Å². The minimum Gasteiger partial charge on any atom is -0.497 e. The van der Waals surface area contributed by atoms with Crippen LogP contribution < -0.4 is 9.47 Å². The molecule has 0 aliphatic heterocycles. The molecule has 0 saturated heterocycles. The summed E-state index contributed by atoms with van der Waals surface area (Å²) < 4.78 is 51.1. The number of aryl methyl sites for hydroxylation is 1. The lowest BCUT2D eigenvalue weighted by Gasteiger charge is -2.15. The van der Waals surface area contributed by atoms with Crippen molar-refractivity contribution in [2.24, 2.45) is 0 Å². The monoisotopic (exact) mass is 420 g/mol. The molecule has 0 bridgehead atoms. The molecule has 0 radical (unpaired) electrons. The Bertz CT molecular complexity index is 930. The number of alkyl halides is 3. The molecule has 0 heterocycles. The molecule has 0 spiro atoms. The first kappa shape index (κ1) is 21.7. The molecule has 0 amide bonds. The van der Waals surface area contributed by atoms with Gasteiger partial charge in [0.25, 0.3) is 0 Å². The molecule has 160 valence electrons. The third-order valence-corrected chi connectivity index (χ3v) is 5.18. The van der Waals surface area contributed by atoms with Crippen molar-refractivity contribution in [3.05, 3.63) is 64.7 Å². The third kappa shape index (κ3) is 5.34. The van der Waals surface area contributed by atoms with Crippen LogP contribution in [0.4, 0.5) is 13.2 Å². The molecule has 4 nitrogen and oxygen atoms in total. The molecule has 3 rings (SSSR count). The highest BCUT2D eigenvalue weighted by Crippen LogP contribution is 2.37. The molecular weight excluding hydrogens is 397 g/mol. The zero-order valence-corrected chi connectivity index (χ0v) is 16.6. The quantitative estimate of drug-likeness (QED) is 0.591. The fourth-order valence-electron chi connectivity index (χ4n) is 3.65. The van der Waals surface area contributed by atoms with E-state index in [-0.39, 0.29) is 30.8 Å². The number of ether oxygens (including phenoxy) is 2. The van der Waals surface area contributed by atoms with Gasteiger partial charge in [0.05, 0.1) is 12.7 Å². The van der Waals surface area contributed by atoms with Gasteiger partial charge in [-0.25, -0.2) is 0 Å². The molecule has 1 N–H and O–H groups in total. The predicted octanol–water partition coefficient (Wildman–Crippen LogP) is 5.75. The van der Waals surface area contributed by atoms with Gasteiger partial charge in [0.15, 0.2) is 0 Å². The Morgan fingerprint density at radius 2 is 1.77 bits per heavy atom. The van der Waals surface area contributed by atoms with Gasteiger partial charge in [0.2, 0.25) is 0 Å². The fourth-order valence-corrected chi connectivity index (χ4v) is 3.65. The SMILES string of the molecule is COc1ccc(C2=C(COc3ccc(CCC(=O)O)c(C(F)(F)F)c3)CCC2)cc1. The molecule has 0 unspecified atom stereocenters. The summed E-state index contributed by atoms with van der Waals surface area (Å²) in [5.41, 5.74) is 2.40. The summed E-state index contributed by atoms with van der Waals surface area (Å²) in [6.45, 7) is 0.215. The maximum absolute atomic E-state index is 13.4.